The van der Waals surface area contributed by atoms with Crippen LogP contribution in [0.3, 0.4) is 0 Å². The molecule has 0 amide bonds. The normalized spacial score (nSPS) is 12.7. The predicted octanol–water partition coefficient (Wildman–Crippen LogP) is 1.24. The van der Waals surface area contributed by atoms with Crippen LogP contribution in [-0.2, 0) is 18.5 Å². The third kappa shape index (κ3) is 2.56. The monoisotopic (exact) mass is 183 g/mol. The molecule has 6 heteroatoms. The zero-order valence-corrected chi connectivity index (χ0v) is 7.19. The van der Waals surface area contributed by atoms with Gasteiger partial charge in [-0.25, -0.2) is 0 Å². The SMILES string of the molecule is C=CS(=O)(=O)[P+](=O)OCC. The average Bonchev–Trinajstić information content (AvgIpc) is 1.89. The molecule has 0 aromatic heterocycles. The van der Waals surface area contributed by atoms with E-state index in [4.69, 9.17) is 0 Å². The molecule has 0 radical (unpaired) electrons. The van der Waals surface area contributed by atoms with E-state index >= 15 is 0 Å². The van der Waals surface area contributed by atoms with Gasteiger partial charge in [0.15, 0.2) is 0 Å². The fourth-order valence-corrected chi connectivity index (χ4v) is 1.84. The number of rotatable bonds is 4. The van der Waals surface area contributed by atoms with Crippen LogP contribution in [0.5, 0.6) is 0 Å². The van der Waals surface area contributed by atoms with E-state index in [1.807, 2.05) is 0 Å². The molecule has 0 aromatic rings. The highest BCUT2D eigenvalue weighted by Gasteiger charge is 2.34. The summed E-state index contributed by atoms with van der Waals surface area (Å²) in [6.45, 7) is 4.66. The smallest absolute Gasteiger partial charge is 0.171 e. The summed E-state index contributed by atoms with van der Waals surface area (Å²) in [6.07, 6.45) is 0. The first-order chi connectivity index (χ1) is 4.54. The van der Waals surface area contributed by atoms with E-state index in [0.29, 0.717) is 5.41 Å². The Balaban J connectivity index is 4.36. The van der Waals surface area contributed by atoms with Crippen LogP contribution in [0.25, 0.3) is 0 Å². The molecule has 0 aliphatic carbocycles. The molecule has 0 aliphatic heterocycles. The molecule has 0 aromatic carbocycles. The summed E-state index contributed by atoms with van der Waals surface area (Å²) >= 11 is 0. The van der Waals surface area contributed by atoms with Crippen LogP contribution >= 0.6 is 7.23 Å². The molecule has 1 unspecified atom stereocenters. The van der Waals surface area contributed by atoms with Gasteiger partial charge in [-0.1, -0.05) is 6.58 Å². The lowest BCUT2D eigenvalue weighted by Gasteiger charge is -1.79. The molecule has 0 bridgehead atoms. The van der Waals surface area contributed by atoms with E-state index in [1.54, 1.807) is 6.92 Å². The third-order valence-corrected chi connectivity index (χ3v) is 3.97. The lowest BCUT2D eigenvalue weighted by Crippen LogP contribution is -1.89. The second-order valence-electron chi connectivity index (χ2n) is 1.32. The largest absolute Gasteiger partial charge is 0.644 e. The summed E-state index contributed by atoms with van der Waals surface area (Å²) in [5, 5.41) is 0.626. The Morgan fingerprint density at radius 1 is 1.70 bits per heavy atom. The van der Waals surface area contributed by atoms with Gasteiger partial charge in [0.05, 0.1) is 5.41 Å². The van der Waals surface area contributed by atoms with E-state index in [0.717, 1.165) is 0 Å². The van der Waals surface area contributed by atoms with Crippen molar-refractivity contribution >= 4 is 16.7 Å². The van der Waals surface area contributed by atoms with Crippen molar-refractivity contribution in [2.75, 3.05) is 6.61 Å². The standard InChI is InChI=1S/C4H8O4PS/c1-3-8-9(5)10(6,7)4-2/h4H,2-3H2,1H3/q+1. The van der Waals surface area contributed by atoms with Gasteiger partial charge in [-0.2, -0.15) is 8.42 Å². The van der Waals surface area contributed by atoms with E-state index in [1.165, 1.54) is 0 Å². The first-order valence-corrected chi connectivity index (χ1v) is 5.85. The Morgan fingerprint density at radius 3 is 2.50 bits per heavy atom. The maximum absolute atomic E-state index is 10.6. The lowest BCUT2D eigenvalue weighted by atomic mass is 10.9. The quantitative estimate of drug-likeness (QED) is 0.615. The topological polar surface area (TPSA) is 60.4 Å². The Labute approximate surface area is 60.4 Å². The highest BCUT2D eigenvalue weighted by atomic mass is 32.8. The second-order valence-corrected chi connectivity index (χ2v) is 5.81. The first-order valence-electron chi connectivity index (χ1n) is 2.52. The fourth-order valence-electron chi connectivity index (χ4n) is 0.240. The van der Waals surface area contributed by atoms with Gasteiger partial charge in [-0.3, -0.25) is 0 Å². The minimum atomic E-state index is -3.71. The Kier molecular flexibility index (Phi) is 3.71. The predicted molar refractivity (Wildman–Crippen MR) is 38.3 cm³/mol. The lowest BCUT2D eigenvalue weighted by molar-refractivity contribution is 0.359. The molecule has 0 spiro atoms. The van der Waals surface area contributed by atoms with Gasteiger partial charge >= 0.3 is 16.7 Å². The van der Waals surface area contributed by atoms with Crippen LogP contribution in [0, 0.1) is 0 Å². The van der Waals surface area contributed by atoms with Gasteiger partial charge in [-0.05, 0) is 11.5 Å². The first kappa shape index (κ1) is 9.75. The Morgan fingerprint density at radius 2 is 2.20 bits per heavy atom. The Bertz CT molecular complexity index is 230. The van der Waals surface area contributed by atoms with Crippen molar-refractivity contribution in [2.45, 2.75) is 6.92 Å². The molecule has 0 saturated carbocycles. The van der Waals surface area contributed by atoms with Crippen molar-refractivity contribution in [1.82, 2.24) is 0 Å². The molecule has 0 rings (SSSR count). The van der Waals surface area contributed by atoms with Gasteiger partial charge in [-0.15, -0.1) is 4.52 Å². The minimum Gasteiger partial charge on any atom is -0.171 e. The van der Waals surface area contributed by atoms with Gasteiger partial charge in [0, 0.05) is 0 Å². The zero-order chi connectivity index (χ0) is 8.20. The molecular formula is C4H8O4PS+. The summed E-state index contributed by atoms with van der Waals surface area (Å²) in [7, 11) is -6.33. The van der Waals surface area contributed by atoms with E-state index in [9.17, 15) is 13.0 Å². The van der Waals surface area contributed by atoms with E-state index < -0.39 is 16.7 Å². The van der Waals surface area contributed by atoms with Gasteiger partial charge in [0.25, 0.3) is 0 Å². The Hall–Kier alpha value is -0.250. The van der Waals surface area contributed by atoms with Crippen molar-refractivity contribution in [3.8, 4) is 0 Å². The van der Waals surface area contributed by atoms with Crippen LogP contribution < -0.4 is 0 Å². The van der Waals surface area contributed by atoms with Crippen LogP contribution in [0.15, 0.2) is 12.0 Å². The van der Waals surface area contributed by atoms with Gasteiger partial charge < -0.3 is 0 Å². The summed E-state index contributed by atoms with van der Waals surface area (Å²) < 4.78 is 36.0. The van der Waals surface area contributed by atoms with Crippen LogP contribution in [0.2, 0.25) is 0 Å². The highest BCUT2D eigenvalue weighted by Crippen LogP contribution is 2.31. The molecule has 58 valence electrons. The van der Waals surface area contributed by atoms with Crippen LogP contribution in [0.4, 0.5) is 0 Å². The molecule has 0 heterocycles. The van der Waals surface area contributed by atoms with Crippen LogP contribution in [0.1, 0.15) is 6.92 Å². The number of hydrogen-bond acceptors (Lipinski definition) is 4. The highest BCUT2D eigenvalue weighted by molar-refractivity contribution is 8.45. The molecule has 0 saturated heterocycles. The third-order valence-electron chi connectivity index (χ3n) is 0.653. The van der Waals surface area contributed by atoms with E-state index in [-0.39, 0.29) is 6.61 Å². The van der Waals surface area contributed by atoms with Gasteiger partial charge in [0.2, 0.25) is 0 Å². The minimum absolute atomic E-state index is 0.113. The van der Waals surface area contributed by atoms with Crippen molar-refractivity contribution in [3.63, 3.8) is 0 Å². The fraction of sp³-hybridized carbons (Fsp3) is 0.500. The summed E-state index contributed by atoms with van der Waals surface area (Å²) in [6, 6.07) is 0. The van der Waals surface area contributed by atoms with Crippen LogP contribution in [-0.4, -0.2) is 15.0 Å². The van der Waals surface area contributed by atoms with E-state index in [2.05, 4.69) is 11.1 Å². The van der Waals surface area contributed by atoms with Gasteiger partial charge in [0.1, 0.15) is 6.61 Å². The molecule has 0 fully saturated rings. The zero-order valence-electron chi connectivity index (χ0n) is 5.48. The second kappa shape index (κ2) is 3.81. The van der Waals surface area contributed by atoms with Crippen molar-refractivity contribution in [1.29, 1.82) is 0 Å². The maximum atomic E-state index is 10.6. The molecule has 0 aliphatic rings. The summed E-state index contributed by atoms with van der Waals surface area (Å²) in [5.41, 5.74) is 0. The van der Waals surface area contributed by atoms with Crippen molar-refractivity contribution in [2.24, 2.45) is 0 Å². The van der Waals surface area contributed by atoms with Crippen molar-refractivity contribution < 1.29 is 17.5 Å². The molecule has 10 heavy (non-hydrogen) atoms. The molecule has 0 N–H and O–H groups in total. The molecule has 1 atom stereocenters. The molecule has 4 nitrogen and oxygen atoms in total. The molecular weight excluding hydrogens is 175 g/mol. The van der Waals surface area contributed by atoms with Crippen molar-refractivity contribution in [3.05, 3.63) is 12.0 Å². The summed E-state index contributed by atoms with van der Waals surface area (Å²) in [5.74, 6) is 0. The number of hydrogen-bond donors (Lipinski definition) is 0. The average molecular weight is 183 g/mol. The maximum Gasteiger partial charge on any atom is 0.644 e. The summed E-state index contributed by atoms with van der Waals surface area (Å²) in [4.78, 5) is 0.